The predicted octanol–water partition coefficient (Wildman–Crippen LogP) is 1.63. The van der Waals surface area contributed by atoms with Crippen molar-refractivity contribution in [3.63, 3.8) is 0 Å². The van der Waals surface area contributed by atoms with Gasteiger partial charge in [0.15, 0.2) is 0 Å². The molecule has 3 heterocycles. The molecule has 0 aliphatic carbocycles. The molecule has 0 spiro atoms. The molecule has 0 saturated heterocycles. The molecule has 4 heteroatoms. The van der Waals surface area contributed by atoms with Crippen LogP contribution in [-0.4, -0.2) is 34.6 Å². The molecule has 21 heavy (non-hydrogen) atoms. The van der Waals surface area contributed by atoms with Crippen LogP contribution < -0.4 is 5.56 Å². The molecule has 0 radical (unpaired) electrons. The topological polar surface area (TPSA) is 38.1 Å². The second-order valence-corrected chi connectivity index (χ2v) is 5.80. The summed E-state index contributed by atoms with van der Waals surface area (Å²) in [5, 5.41) is 0. The number of nitrogens with zero attached hydrogens (tertiary/aromatic N) is 3. The van der Waals surface area contributed by atoms with Crippen molar-refractivity contribution in [3.05, 3.63) is 63.3 Å². The summed E-state index contributed by atoms with van der Waals surface area (Å²) in [6.45, 7) is 4.59. The van der Waals surface area contributed by atoms with E-state index in [0.717, 1.165) is 37.3 Å². The Kier molecular flexibility index (Phi) is 3.88. The van der Waals surface area contributed by atoms with Crippen molar-refractivity contribution in [3.8, 4) is 0 Å². The fourth-order valence-corrected chi connectivity index (χ4v) is 2.93. The molecule has 0 saturated carbocycles. The molecular formula is C17H21N3O. The van der Waals surface area contributed by atoms with Crippen molar-refractivity contribution in [2.45, 2.75) is 26.3 Å². The van der Waals surface area contributed by atoms with Gasteiger partial charge in [0.2, 0.25) is 0 Å². The maximum Gasteiger partial charge on any atom is 0.251 e. The van der Waals surface area contributed by atoms with Gasteiger partial charge in [-0.3, -0.25) is 9.78 Å². The lowest BCUT2D eigenvalue weighted by Crippen LogP contribution is -2.26. The molecule has 4 nitrogen and oxygen atoms in total. The summed E-state index contributed by atoms with van der Waals surface area (Å²) in [7, 11) is 2.14. The zero-order valence-corrected chi connectivity index (χ0v) is 12.7. The fourth-order valence-electron chi connectivity index (χ4n) is 2.93. The van der Waals surface area contributed by atoms with Crippen LogP contribution in [-0.2, 0) is 19.4 Å². The number of hydrogen-bond acceptors (Lipinski definition) is 3. The van der Waals surface area contributed by atoms with E-state index in [2.05, 4.69) is 16.9 Å². The van der Waals surface area contributed by atoms with Crippen molar-refractivity contribution in [2.24, 2.45) is 0 Å². The van der Waals surface area contributed by atoms with Gasteiger partial charge in [-0.1, -0.05) is 12.1 Å². The van der Waals surface area contributed by atoms with E-state index in [-0.39, 0.29) is 5.56 Å². The third kappa shape index (κ3) is 3.05. The van der Waals surface area contributed by atoms with E-state index in [4.69, 9.17) is 0 Å². The fraction of sp³-hybridized carbons (Fsp3) is 0.412. The number of fused-ring (bicyclic) bond motifs is 1. The molecule has 1 aliphatic rings. The van der Waals surface area contributed by atoms with E-state index in [1.54, 1.807) is 6.07 Å². The average Bonchev–Trinajstić information content (AvgIpc) is 2.65. The largest absolute Gasteiger partial charge is 0.306 e. The van der Waals surface area contributed by atoms with Crippen LogP contribution in [0.1, 0.15) is 22.6 Å². The average molecular weight is 283 g/mol. The quantitative estimate of drug-likeness (QED) is 0.841. The van der Waals surface area contributed by atoms with E-state index in [9.17, 15) is 4.79 Å². The van der Waals surface area contributed by atoms with E-state index in [0.29, 0.717) is 6.54 Å². The standard InChI is InChI=1S/C17H21N3O/c1-13-4-3-5-15(18-13)12-20-16-9-11-19(2)10-8-14(16)6-7-17(20)21/h3-7H,8-12H2,1-2H3. The number of aromatic nitrogens is 2. The summed E-state index contributed by atoms with van der Waals surface area (Å²) >= 11 is 0. The molecule has 0 amide bonds. The molecule has 0 atom stereocenters. The van der Waals surface area contributed by atoms with Crippen molar-refractivity contribution in [2.75, 3.05) is 20.1 Å². The SMILES string of the molecule is Cc1cccc(Cn2c3c(ccc2=O)CCN(C)CC3)n1. The molecule has 2 aromatic heterocycles. The smallest absolute Gasteiger partial charge is 0.251 e. The van der Waals surface area contributed by atoms with Crippen molar-refractivity contribution >= 4 is 0 Å². The highest BCUT2D eigenvalue weighted by Crippen LogP contribution is 2.14. The summed E-state index contributed by atoms with van der Waals surface area (Å²) in [6, 6.07) is 9.66. The first-order valence-corrected chi connectivity index (χ1v) is 7.46. The summed E-state index contributed by atoms with van der Waals surface area (Å²) < 4.78 is 1.90. The summed E-state index contributed by atoms with van der Waals surface area (Å²) in [6.07, 6.45) is 1.93. The van der Waals surface area contributed by atoms with Crippen LogP contribution >= 0.6 is 0 Å². The van der Waals surface area contributed by atoms with Gasteiger partial charge in [-0.25, -0.2) is 0 Å². The first-order valence-electron chi connectivity index (χ1n) is 7.46. The number of aryl methyl sites for hydroxylation is 1. The second kappa shape index (κ2) is 5.82. The molecule has 0 fully saturated rings. The summed E-state index contributed by atoms with van der Waals surface area (Å²) in [5.74, 6) is 0. The van der Waals surface area contributed by atoms with Crippen LogP contribution in [0.4, 0.5) is 0 Å². The van der Waals surface area contributed by atoms with E-state index in [1.807, 2.05) is 35.8 Å². The molecule has 0 aromatic carbocycles. The zero-order valence-electron chi connectivity index (χ0n) is 12.7. The van der Waals surface area contributed by atoms with Crippen LogP contribution in [0.2, 0.25) is 0 Å². The van der Waals surface area contributed by atoms with Gasteiger partial charge < -0.3 is 9.47 Å². The van der Waals surface area contributed by atoms with Crippen LogP contribution in [0, 0.1) is 6.92 Å². The molecule has 0 unspecified atom stereocenters. The van der Waals surface area contributed by atoms with Crippen molar-refractivity contribution < 1.29 is 0 Å². The van der Waals surface area contributed by atoms with Gasteiger partial charge in [-0.05, 0) is 38.1 Å². The van der Waals surface area contributed by atoms with E-state index >= 15 is 0 Å². The Bertz CT molecular complexity index is 705. The predicted molar refractivity (Wildman–Crippen MR) is 83.7 cm³/mol. The summed E-state index contributed by atoms with van der Waals surface area (Å²) in [4.78, 5) is 19.1. The number of hydrogen-bond donors (Lipinski definition) is 0. The minimum Gasteiger partial charge on any atom is -0.306 e. The van der Waals surface area contributed by atoms with E-state index in [1.165, 1.54) is 11.3 Å². The minimum atomic E-state index is 0.0709. The summed E-state index contributed by atoms with van der Waals surface area (Å²) in [5.41, 5.74) is 4.48. The van der Waals surface area contributed by atoms with Gasteiger partial charge in [-0.15, -0.1) is 0 Å². The monoisotopic (exact) mass is 283 g/mol. The Morgan fingerprint density at radius 1 is 1.14 bits per heavy atom. The lowest BCUT2D eigenvalue weighted by Gasteiger charge is -2.15. The second-order valence-electron chi connectivity index (χ2n) is 5.80. The third-order valence-electron chi connectivity index (χ3n) is 4.15. The van der Waals surface area contributed by atoms with Gasteiger partial charge in [0.1, 0.15) is 0 Å². The Hall–Kier alpha value is -1.94. The molecule has 1 aliphatic heterocycles. The zero-order chi connectivity index (χ0) is 14.8. The van der Waals surface area contributed by atoms with Gasteiger partial charge in [0.05, 0.1) is 12.2 Å². The number of likely N-dealkylation sites (N-methyl/N-ethyl adjacent to an activating group) is 1. The van der Waals surface area contributed by atoms with E-state index < -0.39 is 0 Å². The highest BCUT2D eigenvalue weighted by molar-refractivity contribution is 5.24. The van der Waals surface area contributed by atoms with Crippen LogP contribution in [0.3, 0.4) is 0 Å². The van der Waals surface area contributed by atoms with Crippen molar-refractivity contribution in [1.82, 2.24) is 14.5 Å². The molecular weight excluding hydrogens is 262 g/mol. The Morgan fingerprint density at radius 2 is 1.95 bits per heavy atom. The Balaban J connectivity index is 2.00. The maximum absolute atomic E-state index is 12.3. The van der Waals surface area contributed by atoms with Gasteiger partial charge in [0, 0.05) is 37.0 Å². The lowest BCUT2D eigenvalue weighted by atomic mass is 10.1. The van der Waals surface area contributed by atoms with Gasteiger partial charge in [-0.2, -0.15) is 0 Å². The molecule has 110 valence electrons. The van der Waals surface area contributed by atoms with Crippen LogP contribution in [0.25, 0.3) is 0 Å². The van der Waals surface area contributed by atoms with Crippen LogP contribution in [0.5, 0.6) is 0 Å². The Labute approximate surface area is 125 Å². The third-order valence-corrected chi connectivity index (χ3v) is 4.15. The first kappa shape index (κ1) is 14.0. The minimum absolute atomic E-state index is 0.0709. The van der Waals surface area contributed by atoms with Gasteiger partial charge >= 0.3 is 0 Å². The molecule has 3 rings (SSSR count). The van der Waals surface area contributed by atoms with Gasteiger partial charge in [0.25, 0.3) is 5.56 Å². The lowest BCUT2D eigenvalue weighted by molar-refractivity contribution is 0.351. The first-order chi connectivity index (χ1) is 10.1. The molecule has 0 N–H and O–H groups in total. The molecule has 2 aromatic rings. The number of pyridine rings is 2. The maximum atomic E-state index is 12.3. The molecule has 0 bridgehead atoms. The normalized spacial score (nSPS) is 15.5. The highest BCUT2D eigenvalue weighted by Gasteiger charge is 2.15. The Morgan fingerprint density at radius 3 is 2.76 bits per heavy atom. The van der Waals surface area contributed by atoms with Crippen LogP contribution in [0.15, 0.2) is 35.1 Å². The van der Waals surface area contributed by atoms with Crippen molar-refractivity contribution in [1.29, 1.82) is 0 Å². The highest BCUT2D eigenvalue weighted by atomic mass is 16.1. The number of rotatable bonds is 2.